The van der Waals surface area contributed by atoms with Crippen LogP contribution in [0.5, 0.6) is 0 Å². The lowest BCUT2D eigenvalue weighted by Gasteiger charge is -1.78. The van der Waals surface area contributed by atoms with Crippen LogP contribution in [-0.4, -0.2) is 25.4 Å². The molecule has 0 saturated heterocycles. The molecule has 2 rings (SSSR count). The van der Waals surface area contributed by atoms with E-state index in [1.807, 2.05) is 0 Å². The van der Waals surface area contributed by atoms with Gasteiger partial charge in [0.2, 0.25) is 0 Å². The first-order chi connectivity index (χ1) is 4.88. The monoisotopic (exact) mass is 173 g/mol. The van der Waals surface area contributed by atoms with Crippen LogP contribution in [0.2, 0.25) is 0 Å². The van der Waals surface area contributed by atoms with Crippen LogP contribution in [0.4, 0.5) is 0 Å². The van der Waals surface area contributed by atoms with Gasteiger partial charge in [-0.05, 0) is 0 Å². The van der Waals surface area contributed by atoms with Gasteiger partial charge in [-0.15, -0.1) is 22.6 Å². The highest BCUT2D eigenvalue weighted by Crippen LogP contribution is 1.91. The summed E-state index contributed by atoms with van der Waals surface area (Å²) in [4.78, 5) is 14.5. The van der Waals surface area contributed by atoms with Crippen molar-refractivity contribution in [3.05, 3.63) is 16.7 Å². The molecule has 2 heterocycles. The minimum absolute atomic E-state index is 0. The lowest BCUT2D eigenvalue weighted by atomic mass is 10.6. The maximum atomic E-state index is 10.8. The Hall–Kier alpha value is -1.43. The van der Waals surface area contributed by atoms with E-state index in [4.69, 9.17) is 0 Å². The zero-order valence-corrected chi connectivity index (χ0v) is 6.05. The number of fused-ring (bicyclic) bond motifs is 1. The zero-order chi connectivity index (χ0) is 6.97. The molecular weight excluding hydrogens is 170 g/mol. The predicted molar refractivity (Wildman–Crippen MR) is 39.6 cm³/mol. The number of hydrogen-bond donors (Lipinski definition) is 2. The third kappa shape index (κ3) is 1.07. The normalized spacial score (nSPS) is 9.45. The van der Waals surface area contributed by atoms with Gasteiger partial charge in [-0.3, -0.25) is 15.0 Å². The SMILES string of the molecule is Cl.O=c1[nH][nH]c2nncnc12. The average molecular weight is 174 g/mol. The standard InChI is InChI=1S/C4H3N5O.ClH/c10-4-2-3(8-9-4)7-6-1-5-2;/h1H,(H2,7,8,9,10);1H. The van der Waals surface area contributed by atoms with Crippen molar-refractivity contribution >= 4 is 23.6 Å². The van der Waals surface area contributed by atoms with Gasteiger partial charge >= 0.3 is 0 Å². The van der Waals surface area contributed by atoms with E-state index in [2.05, 4.69) is 25.4 Å². The van der Waals surface area contributed by atoms with E-state index in [0.29, 0.717) is 5.65 Å². The molecule has 2 aromatic heterocycles. The maximum absolute atomic E-state index is 10.8. The van der Waals surface area contributed by atoms with Crippen molar-refractivity contribution < 1.29 is 0 Å². The molecule has 0 aromatic carbocycles. The lowest BCUT2D eigenvalue weighted by Crippen LogP contribution is -1.99. The summed E-state index contributed by atoms with van der Waals surface area (Å²) < 4.78 is 0. The van der Waals surface area contributed by atoms with E-state index in [1.165, 1.54) is 6.33 Å². The summed E-state index contributed by atoms with van der Waals surface area (Å²) in [6.07, 6.45) is 1.23. The molecule has 0 bridgehead atoms. The van der Waals surface area contributed by atoms with Crippen LogP contribution in [0, 0.1) is 0 Å². The molecule has 6 nitrogen and oxygen atoms in total. The van der Waals surface area contributed by atoms with Crippen molar-refractivity contribution in [1.82, 2.24) is 25.4 Å². The van der Waals surface area contributed by atoms with E-state index < -0.39 is 0 Å². The van der Waals surface area contributed by atoms with Crippen LogP contribution in [-0.2, 0) is 0 Å². The zero-order valence-electron chi connectivity index (χ0n) is 5.24. The fourth-order valence-electron chi connectivity index (χ4n) is 0.701. The highest BCUT2D eigenvalue weighted by atomic mass is 35.5. The summed E-state index contributed by atoms with van der Waals surface area (Å²) in [5.74, 6) is 0. The number of aromatic amines is 2. The van der Waals surface area contributed by atoms with Crippen LogP contribution >= 0.6 is 12.4 Å². The molecule has 58 valence electrons. The second-order valence-corrected chi connectivity index (χ2v) is 1.74. The van der Waals surface area contributed by atoms with Gasteiger partial charge in [-0.2, -0.15) is 0 Å². The van der Waals surface area contributed by atoms with Gasteiger partial charge in [0.15, 0.2) is 11.2 Å². The van der Waals surface area contributed by atoms with Crippen molar-refractivity contribution in [1.29, 1.82) is 0 Å². The molecule has 0 aliphatic carbocycles. The Bertz CT molecular complexity index is 406. The number of aromatic nitrogens is 5. The third-order valence-electron chi connectivity index (χ3n) is 1.13. The highest BCUT2D eigenvalue weighted by Gasteiger charge is 1.99. The molecule has 7 heteroatoms. The topological polar surface area (TPSA) is 87.3 Å². The van der Waals surface area contributed by atoms with Gasteiger partial charge in [-0.1, -0.05) is 0 Å². The van der Waals surface area contributed by atoms with Crippen LogP contribution in [0.3, 0.4) is 0 Å². The van der Waals surface area contributed by atoms with E-state index in [0.717, 1.165) is 0 Å². The van der Waals surface area contributed by atoms with E-state index >= 15 is 0 Å². The Morgan fingerprint density at radius 3 is 2.91 bits per heavy atom. The van der Waals surface area contributed by atoms with Gasteiger partial charge in [-0.25, -0.2) is 4.98 Å². The first kappa shape index (κ1) is 7.67. The minimum atomic E-state index is -0.273. The lowest BCUT2D eigenvalue weighted by molar-refractivity contribution is 0.990. The summed E-state index contributed by atoms with van der Waals surface area (Å²) in [6, 6.07) is 0. The van der Waals surface area contributed by atoms with E-state index in [1.54, 1.807) is 0 Å². The summed E-state index contributed by atoms with van der Waals surface area (Å²) in [7, 11) is 0. The second kappa shape index (κ2) is 2.67. The number of hydrogen-bond acceptors (Lipinski definition) is 4. The molecule has 11 heavy (non-hydrogen) atoms. The van der Waals surface area contributed by atoms with Gasteiger partial charge in [0.25, 0.3) is 5.56 Å². The molecular formula is C4H4ClN5O. The average Bonchev–Trinajstić information content (AvgIpc) is 2.34. The Kier molecular flexibility index (Phi) is 1.86. The van der Waals surface area contributed by atoms with Crippen molar-refractivity contribution in [2.24, 2.45) is 0 Å². The Labute approximate surface area is 66.5 Å². The Balaban J connectivity index is 0.000000605. The third-order valence-corrected chi connectivity index (χ3v) is 1.13. The summed E-state index contributed by atoms with van der Waals surface area (Å²) in [5.41, 5.74) is 0.396. The predicted octanol–water partition coefficient (Wildman–Crippen LogP) is -0.537. The van der Waals surface area contributed by atoms with Gasteiger partial charge in [0.05, 0.1) is 0 Å². The molecule has 2 aromatic rings. The molecule has 0 atom stereocenters. The van der Waals surface area contributed by atoms with Gasteiger partial charge in [0, 0.05) is 0 Å². The van der Waals surface area contributed by atoms with E-state index in [-0.39, 0.29) is 23.5 Å². The van der Waals surface area contributed by atoms with Crippen molar-refractivity contribution in [3.63, 3.8) is 0 Å². The summed E-state index contributed by atoms with van der Waals surface area (Å²) >= 11 is 0. The quantitative estimate of drug-likeness (QED) is 0.560. The Morgan fingerprint density at radius 2 is 2.18 bits per heavy atom. The summed E-state index contributed by atoms with van der Waals surface area (Å²) in [6.45, 7) is 0. The highest BCUT2D eigenvalue weighted by molar-refractivity contribution is 5.85. The van der Waals surface area contributed by atoms with Crippen molar-refractivity contribution in [2.75, 3.05) is 0 Å². The number of H-pyrrole nitrogens is 2. The maximum Gasteiger partial charge on any atom is 0.292 e. The smallest absolute Gasteiger partial charge is 0.278 e. The Morgan fingerprint density at radius 1 is 1.36 bits per heavy atom. The minimum Gasteiger partial charge on any atom is -0.278 e. The fourth-order valence-corrected chi connectivity index (χ4v) is 0.701. The molecule has 0 radical (unpaired) electrons. The summed E-state index contributed by atoms with van der Waals surface area (Å²) in [5, 5.41) is 11.9. The first-order valence-electron chi connectivity index (χ1n) is 2.62. The molecule has 0 aliphatic heterocycles. The molecule has 0 fully saturated rings. The van der Waals surface area contributed by atoms with Crippen molar-refractivity contribution in [3.8, 4) is 0 Å². The van der Waals surface area contributed by atoms with Gasteiger partial charge < -0.3 is 0 Å². The van der Waals surface area contributed by atoms with Crippen molar-refractivity contribution in [2.45, 2.75) is 0 Å². The first-order valence-corrected chi connectivity index (χ1v) is 2.62. The fraction of sp³-hybridized carbons (Fsp3) is 0. The molecule has 2 N–H and O–H groups in total. The van der Waals surface area contributed by atoms with Crippen LogP contribution in [0.15, 0.2) is 11.1 Å². The van der Waals surface area contributed by atoms with Crippen LogP contribution < -0.4 is 5.56 Å². The number of halogens is 1. The molecule has 0 amide bonds. The van der Waals surface area contributed by atoms with Gasteiger partial charge in [0.1, 0.15) is 6.33 Å². The molecule has 0 aliphatic rings. The number of nitrogens with one attached hydrogen (secondary N) is 2. The molecule has 0 spiro atoms. The number of rotatable bonds is 0. The van der Waals surface area contributed by atoms with Crippen LogP contribution in [0.25, 0.3) is 11.2 Å². The number of nitrogens with zero attached hydrogens (tertiary/aromatic N) is 3. The largest absolute Gasteiger partial charge is 0.292 e. The van der Waals surface area contributed by atoms with Crippen LogP contribution in [0.1, 0.15) is 0 Å². The molecule has 0 unspecified atom stereocenters. The molecule has 0 saturated carbocycles. The second-order valence-electron chi connectivity index (χ2n) is 1.74. The van der Waals surface area contributed by atoms with E-state index in [9.17, 15) is 4.79 Å².